The lowest BCUT2D eigenvalue weighted by molar-refractivity contribution is -0.384. The summed E-state index contributed by atoms with van der Waals surface area (Å²) in [5, 5.41) is 19.7. The van der Waals surface area contributed by atoms with Crippen LogP contribution in [0.3, 0.4) is 0 Å². The van der Waals surface area contributed by atoms with Gasteiger partial charge < -0.3 is 5.11 Å². The Labute approximate surface area is 101 Å². The van der Waals surface area contributed by atoms with Crippen LogP contribution in [0.4, 0.5) is 5.69 Å². The van der Waals surface area contributed by atoms with Gasteiger partial charge in [-0.1, -0.05) is 12.1 Å². The predicted octanol–water partition coefficient (Wildman–Crippen LogP) is 1.79. The topological polar surface area (TPSA) is 98.3 Å². The Balaban J connectivity index is 2.62. The zero-order valence-corrected chi connectivity index (χ0v) is 9.40. The van der Waals surface area contributed by atoms with Gasteiger partial charge in [0, 0.05) is 12.3 Å². The number of nitro benzene ring substituents is 1. The number of carboxylic acid groups (broad SMARTS) is 1. The maximum absolute atomic E-state index is 10.9. The van der Waals surface area contributed by atoms with E-state index in [1.807, 2.05) is 0 Å². The van der Waals surface area contributed by atoms with Crippen molar-refractivity contribution in [3.05, 3.63) is 52.1 Å². The fourth-order valence-electron chi connectivity index (χ4n) is 1.68. The summed E-state index contributed by atoms with van der Waals surface area (Å²) in [7, 11) is 0. The van der Waals surface area contributed by atoms with Crippen molar-refractivity contribution >= 4 is 11.7 Å². The first kappa shape index (κ1) is 11.8. The van der Waals surface area contributed by atoms with E-state index in [4.69, 9.17) is 5.11 Å². The van der Waals surface area contributed by atoms with Crippen LogP contribution in [0.25, 0.3) is 5.69 Å². The highest BCUT2D eigenvalue weighted by Gasteiger charge is 2.18. The van der Waals surface area contributed by atoms with Gasteiger partial charge in [-0.05, 0) is 12.5 Å². The SMILES string of the molecule is Cc1cccc([N+](=O)[O-])c1-n1cnc(C(=O)O)c1. The molecule has 0 amide bonds. The van der Waals surface area contributed by atoms with Gasteiger partial charge in [0.05, 0.1) is 4.92 Å². The molecule has 1 aromatic carbocycles. The second-order valence-electron chi connectivity index (χ2n) is 3.67. The van der Waals surface area contributed by atoms with Crippen molar-refractivity contribution in [1.82, 2.24) is 9.55 Å². The molecule has 0 spiro atoms. The Hall–Kier alpha value is -2.70. The number of rotatable bonds is 3. The minimum atomic E-state index is -1.18. The molecule has 0 bridgehead atoms. The second kappa shape index (κ2) is 4.28. The van der Waals surface area contributed by atoms with E-state index in [9.17, 15) is 14.9 Å². The van der Waals surface area contributed by atoms with Gasteiger partial charge in [-0.25, -0.2) is 9.78 Å². The van der Waals surface area contributed by atoms with Gasteiger partial charge >= 0.3 is 5.97 Å². The minimum Gasteiger partial charge on any atom is -0.476 e. The number of nitro groups is 1. The Morgan fingerprint density at radius 2 is 2.22 bits per heavy atom. The standard InChI is InChI=1S/C11H9N3O4/c1-7-3-2-4-9(14(17)18)10(7)13-5-8(11(15)16)12-6-13/h2-6H,1H3,(H,15,16). The number of para-hydroxylation sites is 1. The van der Waals surface area contributed by atoms with E-state index < -0.39 is 10.9 Å². The van der Waals surface area contributed by atoms with Gasteiger partial charge in [-0.2, -0.15) is 0 Å². The first-order valence-corrected chi connectivity index (χ1v) is 5.02. The van der Waals surface area contributed by atoms with Crippen LogP contribution in [0.5, 0.6) is 0 Å². The van der Waals surface area contributed by atoms with Crippen LogP contribution in [0.15, 0.2) is 30.7 Å². The van der Waals surface area contributed by atoms with Crippen LogP contribution < -0.4 is 0 Å². The van der Waals surface area contributed by atoms with Gasteiger partial charge in [-0.15, -0.1) is 0 Å². The largest absolute Gasteiger partial charge is 0.476 e. The summed E-state index contributed by atoms with van der Waals surface area (Å²) < 4.78 is 1.34. The fraction of sp³-hybridized carbons (Fsp3) is 0.0909. The van der Waals surface area contributed by atoms with Crippen molar-refractivity contribution in [2.75, 3.05) is 0 Å². The first-order chi connectivity index (χ1) is 8.50. The van der Waals surface area contributed by atoms with E-state index in [2.05, 4.69) is 4.98 Å². The van der Waals surface area contributed by atoms with Crippen molar-refractivity contribution in [1.29, 1.82) is 0 Å². The Kier molecular flexibility index (Phi) is 2.80. The molecular formula is C11H9N3O4. The zero-order chi connectivity index (χ0) is 13.3. The number of carbonyl (C=O) groups is 1. The number of aromatic carboxylic acids is 1. The molecule has 0 fully saturated rings. The molecule has 18 heavy (non-hydrogen) atoms. The number of aromatic nitrogens is 2. The van der Waals surface area contributed by atoms with Crippen molar-refractivity contribution < 1.29 is 14.8 Å². The molecule has 0 aliphatic heterocycles. The van der Waals surface area contributed by atoms with Crippen molar-refractivity contribution in [3.8, 4) is 5.69 Å². The molecule has 7 nitrogen and oxygen atoms in total. The zero-order valence-electron chi connectivity index (χ0n) is 9.40. The van der Waals surface area contributed by atoms with E-state index in [0.717, 1.165) is 0 Å². The van der Waals surface area contributed by atoms with Crippen molar-refractivity contribution in [2.45, 2.75) is 6.92 Å². The predicted molar refractivity (Wildman–Crippen MR) is 61.9 cm³/mol. The molecule has 0 saturated carbocycles. The highest BCUT2D eigenvalue weighted by Crippen LogP contribution is 2.26. The lowest BCUT2D eigenvalue weighted by Crippen LogP contribution is -2.01. The van der Waals surface area contributed by atoms with E-state index in [-0.39, 0.29) is 11.4 Å². The van der Waals surface area contributed by atoms with Crippen molar-refractivity contribution in [2.24, 2.45) is 0 Å². The summed E-state index contributed by atoms with van der Waals surface area (Å²) in [6.07, 6.45) is 2.50. The lowest BCUT2D eigenvalue weighted by Gasteiger charge is -2.06. The molecular weight excluding hydrogens is 238 g/mol. The average molecular weight is 247 g/mol. The summed E-state index contributed by atoms with van der Waals surface area (Å²) >= 11 is 0. The third-order valence-electron chi connectivity index (χ3n) is 2.47. The molecule has 2 aromatic rings. The molecule has 0 atom stereocenters. The molecule has 0 aliphatic rings. The van der Waals surface area contributed by atoms with Gasteiger partial charge in [0.1, 0.15) is 12.0 Å². The number of imidazole rings is 1. The van der Waals surface area contributed by atoms with Gasteiger partial charge in [0.2, 0.25) is 0 Å². The number of benzene rings is 1. The van der Waals surface area contributed by atoms with Gasteiger partial charge in [0.25, 0.3) is 5.69 Å². The molecule has 92 valence electrons. The van der Waals surface area contributed by atoms with E-state index in [1.54, 1.807) is 19.1 Å². The van der Waals surface area contributed by atoms with E-state index >= 15 is 0 Å². The smallest absolute Gasteiger partial charge is 0.356 e. The lowest BCUT2D eigenvalue weighted by atomic mass is 10.1. The summed E-state index contributed by atoms with van der Waals surface area (Å²) in [4.78, 5) is 24.8. The van der Waals surface area contributed by atoms with E-state index in [0.29, 0.717) is 11.3 Å². The van der Waals surface area contributed by atoms with Crippen molar-refractivity contribution in [3.63, 3.8) is 0 Å². The average Bonchev–Trinajstić information content (AvgIpc) is 2.77. The normalized spacial score (nSPS) is 10.3. The molecule has 2 rings (SSSR count). The number of aryl methyl sites for hydroxylation is 1. The van der Waals surface area contributed by atoms with Crippen LogP contribution in [0, 0.1) is 17.0 Å². The Morgan fingerprint density at radius 1 is 1.50 bits per heavy atom. The summed E-state index contributed by atoms with van der Waals surface area (Å²) in [6.45, 7) is 1.71. The molecule has 1 heterocycles. The molecule has 1 N–H and O–H groups in total. The first-order valence-electron chi connectivity index (χ1n) is 5.02. The fourth-order valence-corrected chi connectivity index (χ4v) is 1.68. The number of hydrogen-bond donors (Lipinski definition) is 1. The van der Waals surface area contributed by atoms with Crippen LogP contribution in [0.1, 0.15) is 16.1 Å². The van der Waals surface area contributed by atoms with E-state index in [1.165, 1.54) is 23.2 Å². The quantitative estimate of drug-likeness (QED) is 0.658. The van der Waals surface area contributed by atoms with Crippen LogP contribution in [0.2, 0.25) is 0 Å². The maximum atomic E-state index is 10.9. The summed E-state index contributed by atoms with van der Waals surface area (Å²) in [5.74, 6) is -1.18. The van der Waals surface area contributed by atoms with Crippen LogP contribution in [-0.4, -0.2) is 25.6 Å². The molecule has 0 radical (unpaired) electrons. The Morgan fingerprint density at radius 3 is 2.78 bits per heavy atom. The monoisotopic (exact) mass is 247 g/mol. The van der Waals surface area contributed by atoms with Crippen LogP contribution in [-0.2, 0) is 0 Å². The number of hydrogen-bond acceptors (Lipinski definition) is 4. The third kappa shape index (κ3) is 1.93. The minimum absolute atomic E-state index is 0.0932. The van der Waals surface area contributed by atoms with Gasteiger partial charge in [0.15, 0.2) is 5.69 Å². The number of nitrogens with zero attached hydrogens (tertiary/aromatic N) is 3. The summed E-state index contributed by atoms with van der Waals surface area (Å²) in [5.41, 5.74) is 0.734. The molecule has 1 aromatic heterocycles. The molecule has 7 heteroatoms. The maximum Gasteiger partial charge on any atom is 0.356 e. The third-order valence-corrected chi connectivity index (χ3v) is 2.47. The van der Waals surface area contributed by atoms with Crippen LogP contribution >= 0.6 is 0 Å². The van der Waals surface area contributed by atoms with Gasteiger partial charge in [-0.3, -0.25) is 14.7 Å². The highest BCUT2D eigenvalue weighted by molar-refractivity contribution is 5.85. The molecule has 0 aliphatic carbocycles. The Bertz CT molecular complexity index is 633. The molecule has 0 unspecified atom stereocenters. The number of carboxylic acids is 1. The summed E-state index contributed by atoms with van der Waals surface area (Å²) in [6, 6.07) is 4.65. The molecule has 0 saturated heterocycles. The second-order valence-corrected chi connectivity index (χ2v) is 3.67. The highest BCUT2D eigenvalue weighted by atomic mass is 16.6.